The van der Waals surface area contributed by atoms with E-state index in [9.17, 15) is 0 Å². The van der Waals surface area contributed by atoms with E-state index < -0.39 is 0 Å². The first-order chi connectivity index (χ1) is 12.7. The average molecular weight is 392 g/mol. The van der Waals surface area contributed by atoms with E-state index >= 15 is 0 Å². The summed E-state index contributed by atoms with van der Waals surface area (Å²) in [7, 11) is 1.97. The average Bonchev–Trinajstić information content (AvgIpc) is 3.08. The summed E-state index contributed by atoms with van der Waals surface area (Å²) in [6.07, 6.45) is 10.2. The van der Waals surface area contributed by atoms with Gasteiger partial charge < -0.3 is 9.80 Å². The molecule has 0 amide bonds. The smallest absolute Gasteiger partial charge is 0.172 e. The molecule has 148 valence electrons. The van der Waals surface area contributed by atoms with Crippen LogP contribution in [0.5, 0.6) is 0 Å². The zero-order valence-corrected chi connectivity index (χ0v) is 17.1. The van der Waals surface area contributed by atoms with Gasteiger partial charge in [-0.05, 0) is 18.8 Å². The number of aromatic nitrogens is 4. The minimum Gasteiger partial charge on any atom is -0.354 e. The second kappa shape index (κ2) is 8.89. The second-order valence-corrected chi connectivity index (χ2v) is 7.66. The minimum absolute atomic E-state index is 0. The van der Waals surface area contributed by atoms with Crippen molar-refractivity contribution in [1.29, 1.82) is 0 Å². The summed E-state index contributed by atoms with van der Waals surface area (Å²) in [5.74, 6) is 2.95. The predicted octanol–water partition coefficient (Wildman–Crippen LogP) is 2.19. The third-order valence-corrected chi connectivity index (χ3v) is 5.58. The molecule has 2 fully saturated rings. The topological polar surface area (TPSA) is 53.3 Å². The predicted molar refractivity (Wildman–Crippen MR) is 111 cm³/mol. The Bertz CT molecular complexity index is 718. The van der Waals surface area contributed by atoms with Crippen molar-refractivity contribution in [3.8, 4) is 0 Å². The zero-order chi connectivity index (χ0) is 17.9. The van der Waals surface area contributed by atoms with E-state index in [1.807, 2.05) is 30.3 Å². The van der Waals surface area contributed by atoms with Gasteiger partial charge in [-0.25, -0.2) is 9.97 Å². The van der Waals surface area contributed by atoms with Crippen LogP contribution in [0, 0.1) is 5.92 Å². The van der Waals surface area contributed by atoms with Crippen LogP contribution < -0.4 is 9.80 Å². The van der Waals surface area contributed by atoms with E-state index in [4.69, 9.17) is 4.98 Å². The molecule has 2 aliphatic heterocycles. The summed E-state index contributed by atoms with van der Waals surface area (Å²) in [4.78, 5) is 16.7. The van der Waals surface area contributed by atoms with E-state index in [-0.39, 0.29) is 12.4 Å². The Morgan fingerprint density at radius 3 is 2.07 bits per heavy atom. The third kappa shape index (κ3) is 4.71. The first kappa shape index (κ1) is 19.9. The van der Waals surface area contributed by atoms with Crippen LogP contribution >= 0.6 is 12.4 Å². The van der Waals surface area contributed by atoms with Crippen LogP contribution in [-0.4, -0.2) is 63.9 Å². The monoisotopic (exact) mass is 391 g/mol. The maximum atomic E-state index is 4.70. The van der Waals surface area contributed by atoms with Crippen molar-refractivity contribution in [2.24, 2.45) is 13.0 Å². The molecule has 4 heterocycles. The van der Waals surface area contributed by atoms with Gasteiger partial charge in [0.1, 0.15) is 0 Å². The number of aryl methyl sites for hydroxylation is 1. The van der Waals surface area contributed by atoms with Crippen LogP contribution in [-0.2, 0) is 13.6 Å². The Balaban J connectivity index is 0.00000210. The molecule has 0 aromatic carbocycles. The molecule has 2 aromatic rings. The van der Waals surface area contributed by atoms with Gasteiger partial charge in [0.05, 0.1) is 6.20 Å². The first-order valence-electron chi connectivity index (χ1n) is 9.70. The number of nitrogens with zero attached hydrogens (tertiary/aromatic N) is 7. The van der Waals surface area contributed by atoms with Crippen LogP contribution in [0.1, 0.15) is 25.3 Å². The van der Waals surface area contributed by atoms with Gasteiger partial charge in [-0.3, -0.25) is 9.58 Å². The number of piperidine rings is 1. The van der Waals surface area contributed by atoms with E-state index in [1.54, 1.807) is 0 Å². The van der Waals surface area contributed by atoms with E-state index in [1.165, 1.54) is 18.4 Å². The lowest BCUT2D eigenvalue weighted by atomic mass is 9.99. The van der Waals surface area contributed by atoms with Crippen molar-refractivity contribution in [1.82, 2.24) is 24.6 Å². The van der Waals surface area contributed by atoms with Crippen molar-refractivity contribution in [2.45, 2.75) is 26.3 Å². The van der Waals surface area contributed by atoms with Gasteiger partial charge in [-0.1, -0.05) is 6.92 Å². The molecule has 27 heavy (non-hydrogen) atoms. The van der Waals surface area contributed by atoms with Crippen LogP contribution in [0.2, 0.25) is 0 Å². The summed E-state index contributed by atoms with van der Waals surface area (Å²) in [6.45, 7) is 9.58. The van der Waals surface area contributed by atoms with Gasteiger partial charge in [0.2, 0.25) is 0 Å². The quantitative estimate of drug-likeness (QED) is 0.796. The SMILES string of the molecule is CC1CCN(c2nccnc2N2CCN(Cc3cnn(C)c3)CC2)CC1.Cl. The molecule has 8 heteroatoms. The molecule has 0 radical (unpaired) electrons. The van der Waals surface area contributed by atoms with Crippen molar-refractivity contribution in [3.63, 3.8) is 0 Å². The summed E-state index contributed by atoms with van der Waals surface area (Å²) >= 11 is 0. The van der Waals surface area contributed by atoms with Gasteiger partial charge in [0.25, 0.3) is 0 Å². The van der Waals surface area contributed by atoms with E-state index in [2.05, 4.69) is 37.9 Å². The molecular weight excluding hydrogens is 362 g/mol. The number of halogens is 1. The van der Waals surface area contributed by atoms with Crippen molar-refractivity contribution in [2.75, 3.05) is 49.1 Å². The molecule has 2 saturated heterocycles. The molecular formula is C19H30ClN7. The molecule has 7 nitrogen and oxygen atoms in total. The lowest BCUT2D eigenvalue weighted by Gasteiger charge is -2.38. The maximum absolute atomic E-state index is 4.70. The van der Waals surface area contributed by atoms with Crippen molar-refractivity contribution >= 4 is 24.0 Å². The molecule has 0 spiro atoms. The first-order valence-corrected chi connectivity index (χ1v) is 9.70. The largest absolute Gasteiger partial charge is 0.354 e. The summed E-state index contributed by atoms with van der Waals surface area (Å²) in [5.41, 5.74) is 1.28. The molecule has 0 N–H and O–H groups in total. The number of anilines is 2. The van der Waals surface area contributed by atoms with Gasteiger partial charge in [-0.2, -0.15) is 5.10 Å². The molecule has 2 aromatic heterocycles. The molecule has 0 unspecified atom stereocenters. The number of hydrogen-bond acceptors (Lipinski definition) is 6. The minimum atomic E-state index is 0. The highest BCUT2D eigenvalue weighted by atomic mass is 35.5. The maximum Gasteiger partial charge on any atom is 0.172 e. The van der Waals surface area contributed by atoms with Crippen molar-refractivity contribution in [3.05, 3.63) is 30.4 Å². The van der Waals surface area contributed by atoms with Crippen LogP contribution in [0.15, 0.2) is 24.8 Å². The van der Waals surface area contributed by atoms with Gasteiger partial charge in [0.15, 0.2) is 11.6 Å². The number of rotatable bonds is 4. The highest BCUT2D eigenvalue weighted by Crippen LogP contribution is 2.29. The Morgan fingerprint density at radius 1 is 0.926 bits per heavy atom. The molecule has 2 aliphatic rings. The third-order valence-electron chi connectivity index (χ3n) is 5.58. The summed E-state index contributed by atoms with van der Waals surface area (Å²) < 4.78 is 1.87. The molecule has 0 aliphatic carbocycles. The molecule has 0 saturated carbocycles. The normalized spacial score (nSPS) is 19.2. The summed E-state index contributed by atoms with van der Waals surface area (Å²) in [5, 5.41) is 4.27. The number of piperazine rings is 1. The van der Waals surface area contributed by atoms with Gasteiger partial charge >= 0.3 is 0 Å². The molecule has 0 bridgehead atoms. The zero-order valence-electron chi connectivity index (χ0n) is 16.3. The highest BCUT2D eigenvalue weighted by molar-refractivity contribution is 5.85. The van der Waals surface area contributed by atoms with Crippen molar-refractivity contribution < 1.29 is 0 Å². The fourth-order valence-corrected chi connectivity index (χ4v) is 3.92. The fraction of sp³-hybridized carbons (Fsp3) is 0.632. The number of hydrogen-bond donors (Lipinski definition) is 0. The van der Waals surface area contributed by atoms with Crippen LogP contribution in [0.4, 0.5) is 11.6 Å². The fourth-order valence-electron chi connectivity index (χ4n) is 3.92. The van der Waals surface area contributed by atoms with Gasteiger partial charge in [0, 0.05) is 77.0 Å². The highest BCUT2D eigenvalue weighted by Gasteiger charge is 2.25. The second-order valence-electron chi connectivity index (χ2n) is 7.66. The Morgan fingerprint density at radius 2 is 1.52 bits per heavy atom. The Hall–Kier alpha value is -1.86. The van der Waals surface area contributed by atoms with Crippen LogP contribution in [0.25, 0.3) is 0 Å². The van der Waals surface area contributed by atoms with E-state index in [0.29, 0.717) is 0 Å². The molecule has 0 atom stereocenters. The Kier molecular flexibility index (Phi) is 6.55. The Labute approximate surface area is 167 Å². The van der Waals surface area contributed by atoms with E-state index in [0.717, 1.165) is 63.4 Å². The van der Waals surface area contributed by atoms with Gasteiger partial charge in [-0.15, -0.1) is 12.4 Å². The molecule has 4 rings (SSSR count). The standard InChI is InChI=1S/C19H29N7.ClH/c1-16-3-7-25(8-4-16)18-19(21-6-5-20-18)26-11-9-24(10-12-26)15-17-13-22-23(2)14-17;/h5-6,13-14,16H,3-4,7-12,15H2,1-2H3;1H. The lowest BCUT2D eigenvalue weighted by molar-refractivity contribution is 0.249. The summed E-state index contributed by atoms with van der Waals surface area (Å²) in [6, 6.07) is 0. The lowest BCUT2D eigenvalue weighted by Crippen LogP contribution is -2.47. The van der Waals surface area contributed by atoms with Crippen LogP contribution in [0.3, 0.4) is 0 Å².